The van der Waals surface area contributed by atoms with E-state index >= 15 is 0 Å². The van der Waals surface area contributed by atoms with E-state index < -0.39 is 17.8 Å². The highest BCUT2D eigenvalue weighted by Gasteiger charge is 2.21. The monoisotopic (exact) mass is 293 g/mol. The van der Waals surface area contributed by atoms with Crippen LogP contribution >= 0.6 is 0 Å². The predicted octanol–water partition coefficient (Wildman–Crippen LogP) is 3.28. The van der Waals surface area contributed by atoms with Gasteiger partial charge in [-0.2, -0.15) is 0 Å². The summed E-state index contributed by atoms with van der Waals surface area (Å²) in [4.78, 5) is 11.8. The number of nitrogens with one attached hydrogen (secondary N) is 1. The summed E-state index contributed by atoms with van der Waals surface area (Å²) in [5.74, 6) is 0. The summed E-state index contributed by atoms with van der Waals surface area (Å²) in [6.45, 7) is 7.14. The molecule has 2 N–H and O–H groups in total. The molecule has 4 nitrogen and oxygen atoms in total. The number of hydrogen-bond donors (Lipinski definition) is 2. The van der Waals surface area contributed by atoms with Crippen LogP contribution in [0.1, 0.15) is 46.1 Å². The van der Waals surface area contributed by atoms with Gasteiger partial charge in [0.2, 0.25) is 0 Å². The first-order valence-corrected chi connectivity index (χ1v) is 7.49. The number of benzene rings is 1. The standard InChI is InChI=1S/C17H27NO3/c1-13(19)15(18-16(20)21-17(2,3)4)12-8-11-14-9-6-5-7-10-14/h5-7,9-10,13,15,19H,8,11-12H2,1-4H3,(H,18,20)/t13-,15-/m0/s1. The zero-order chi connectivity index (χ0) is 15.9. The Morgan fingerprint density at radius 2 is 1.90 bits per heavy atom. The van der Waals surface area contributed by atoms with Crippen molar-refractivity contribution in [1.29, 1.82) is 0 Å². The fourth-order valence-corrected chi connectivity index (χ4v) is 2.06. The second-order valence-corrected chi connectivity index (χ2v) is 6.37. The third-order valence-electron chi connectivity index (χ3n) is 3.11. The van der Waals surface area contributed by atoms with Crippen LogP contribution in [0.5, 0.6) is 0 Å². The summed E-state index contributed by atoms with van der Waals surface area (Å²) in [6, 6.07) is 9.90. The summed E-state index contributed by atoms with van der Waals surface area (Å²) < 4.78 is 5.22. The molecule has 0 saturated heterocycles. The van der Waals surface area contributed by atoms with Crippen LogP contribution in [-0.2, 0) is 11.2 Å². The molecule has 0 unspecified atom stereocenters. The molecule has 0 fully saturated rings. The fraction of sp³-hybridized carbons (Fsp3) is 0.588. The van der Waals surface area contributed by atoms with Crippen molar-refractivity contribution in [2.45, 2.75) is 64.7 Å². The van der Waals surface area contributed by atoms with E-state index in [9.17, 15) is 9.90 Å². The zero-order valence-electron chi connectivity index (χ0n) is 13.4. The van der Waals surface area contributed by atoms with Gasteiger partial charge in [-0.05, 0) is 52.5 Å². The maximum absolute atomic E-state index is 11.8. The van der Waals surface area contributed by atoms with Gasteiger partial charge in [-0.15, -0.1) is 0 Å². The summed E-state index contributed by atoms with van der Waals surface area (Å²) >= 11 is 0. The number of aliphatic hydroxyl groups is 1. The average Bonchev–Trinajstić information content (AvgIpc) is 2.36. The molecule has 1 aromatic carbocycles. The molecule has 1 amide bonds. The topological polar surface area (TPSA) is 58.6 Å². The first kappa shape index (κ1) is 17.5. The number of alkyl carbamates (subject to hydrolysis) is 1. The lowest BCUT2D eigenvalue weighted by atomic mass is 10.0. The number of rotatable bonds is 6. The van der Waals surface area contributed by atoms with Gasteiger partial charge in [-0.25, -0.2) is 4.79 Å². The number of aliphatic hydroxyl groups excluding tert-OH is 1. The Balaban J connectivity index is 2.41. The molecule has 21 heavy (non-hydrogen) atoms. The van der Waals surface area contributed by atoms with Gasteiger partial charge in [0, 0.05) is 0 Å². The molecule has 118 valence electrons. The van der Waals surface area contributed by atoms with Crippen molar-refractivity contribution < 1.29 is 14.6 Å². The molecule has 0 aliphatic rings. The Kier molecular flexibility index (Phi) is 6.69. The van der Waals surface area contributed by atoms with E-state index in [0.717, 1.165) is 12.8 Å². The molecule has 1 rings (SSSR count). The normalized spacial score (nSPS) is 14.3. The van der Waals surface area contributed by atoms with Crippen LogP contribution in [0, 0.1) is 0 Å². The fourth-order valence-electron chi connectivity index (χ4n) is 2.06. The van der Waals surface area contributed by atoms with E-state index in [1.807, 2.05) is 39.0 Å². The number of hydrogen-bond acceptors (Lipinski definition) is 3. The summed E-state index contributed by atoms with van der Waals surface area (Å²) in [5, 5.41) is 12.5. The lowest BCUT2D eigenvalue weighted by Crippen LogP contribution is -2.44. The van der Waals surface area contributed by atoms with Crippen LogP contribution in [0.4, 0.5) is 4.79 Å². The maximum atomic E-state index is 11.8. The van der Waals surface area contributed by atoms with Crippen molar-refractivity contribution in [1.82, 2.24) is 5.32 Å². The Bertz CT molecular complexity index is 423. The van der Waals surface area contributed by atoms with Crippen LogP contribution in [0.25, 0.3) is 0 Å². The predicted molar refractivity (Wildman–Crippen MR) is 84.2 cm³/mol. The van der Waals surface area contributed by atoms with Gasteiger partial charge in [0.1, 0.15) is 5.60 Å². The van der Waals surface area contributed by atoms with Crippen molar-refractivity contribution in [3.05, 3.63) is 35.9 Å². The highest BCUT2D eigenvalue weighted by Crippen LogP contribution is 2.11. The van der Waals surface area contributed by atoms with Gasteiger partial charge in [-0.1, -0.05) is 30.3 Å². The summed E-state index contributed by atoms with van der Waals surface area (Å²) in [7, 11) is 0. The van der Waals surface area contributed by atoms with Crippen LogP contribution in [0.15, 0.2) is 30.3 Å². The molecule has 0 aliphatic carbocycles. The van der Waals surface area contributed by atoms with Crippen LogP contribution < -0.4 is 5.32 Å². The van der Waals surface area contributed by atoms with Gasteiger partial charge >= 0.3 is 6.09 Å². The summed E-state index contributed by atoms with van der Waals surface area (Å²) in [5.41, 5.74) is 0.733. The van der Waals surface area contributed by atoms with E-state index in [-0.39, 0.29) is 6.04 Å². The van der Waals surface area contributed by atoms with Crippen LogP contribution in [0.3, 0.4) is 0 Å². The Labute approximate surface area is 127 Å². The lowest BCUT2D eigenvalue weighted by molar-refractivity contribution is 0.0429. The van der Waals surface area contributed by atoms with E-state index in [0.29, 0.717) is 6.42 Å². The molecule has 0 radical (unpaired) electrons. The molecule has 0 spiro atoms. The third kappa shape index (κ3) is 7.71. The number of carbonyl (C=O) groups excluding carboxylic acids is 1. The third-order valence-corrected chi connectivity index (χ3v) is 3.11. The first-order chi connectivity index (χ1) is 9.78. The van der Waals surface area contributed by atoms with Crippen molar-refractivity contribution in [3.8, 4) is 0 Å². The molecule has 0 heterocycles. The minimum Gasteiger partial charge on any atom is -0.444 e. The Morgan fingerprint density at radius 1 is 1.29 bits per heavy atom. The number of ether oxygens (including phenoxy) is 1. The lowest BCUT2D eigenvalue weighted by Gasteiger charge is -2.25. The average molecular weight is 293 g/mol. The van der Waals surface area contributed by atoms with Gasteiger partial charge in [0.15, 0.2) is 0 Å². The quantitative estimate of drug-likeness (QED) is 0.846. The first-order valence-electron chi connectivity index (χ1n) is 7.49. The molecule has 0 aromatic heterocycles. The van der Waals surface area contributed by atoms with E-state index in [1.54, 1.807) is 6.92 Å². The highest BCUT2D eigenvalue weighted by molar-refractivity contribution is 5.68. The molecule has 0 bridgehead atoms. The molecule has 4 heteroatoms. The Hall–Kier alpha value is -1.55. The molecule has 0 saturated carbocycles. The smallest absolute Gasteiger partial charge is 0.407 e. The number of amides is 1. The largest absolute Gasteiger partial charge is 0.444 e. The Morgan fingerprint density at radius 3 is 2.43 bits per heavy atom. The van der Waals surface area contributed by atoms with Gasteiger partial charge in [0.05, 0.1) is 12.1 Å². The SMILES string of the molecule is C[C@H](O)[C@H](CCCc1ccccc1)NC(=O)OC(C)(C)C. The minimum absolute atomic E-state index is 0.288. The van der Waals surface area contributed by atoms with E-state index in [1.165, 1.54) is 5.56 Å². The summed E-state index contributed by atoms with van der Waals surface area (Å²) in [6.07, 6.45) is 1.46. The molecule has 1 aromatic rings. The molecule has 2 atom stereocenters. The second kappa shape index (κ2) is 8.03. The van der Waals surface area contributed by atoms with Crippen molar-refractivity contribution >= 4 is 6.09 Å². The van der Waals surface area contributed by atoms with Gasteiger partial charge in [-0.3, -0.25) is 0 Å². The van der Waals surface area contributed by atoms with E-state index in [2.05, 4.69) is 17.4 Å². The maximum Gasteiger partial charge on any atom is 0.407 e. The van der Waals surface area contributed by atoms with Gasteiger partial charge in [0.25, 0.3) is 0 Å². The number of carbonyl (C=O) groups is 1. The number of aryl methyl sites for hydroxylation is 1. The van der Waals surface area contributed by atoms with Crippen LogP contribution in [-0.4, -0.2) is 28.9 Å². The second-order valence-electron chi connectivity index (χ2n) is 6.37. The van der Waals surface area contributed by atoms with Gasteiger partial charge < -0.3 is 15.2 Å². The van der Waals surface area contributed by atoms with Crippen LogP contribution in [0.2, 0.25) is 0 Å². The zero-order valence-corrected chi connectivity index (χ0v) is 13.4. The van der Waals surface area contributed by atoms with Crippen molar-refractivity contribution in [2.24, 2.45) is 0 Å². The van der Waals surface area contributed by atoms with E-state index in [4.69, 9.17) is 4.74 Å². The minimum atomic E-state index is -0.603. The highest BCUT2D eigenvalue weighted by atomic mass is 16.6. The van der Waals surface area contributed by atoms with Crippen molar-refractivity contribution in [3.63, 3.8) is 0 Å². The molecule has 0 aliphatic heterocycles. The molecular formula is C17H27NO3. The van der Waals surface area contributed by atoms with Crippen molar-refractivity contribution in [2.75, 3.05) is 0 Å². The molecular weight excluding hydrogens is 266 g/mol.